The minimum atomic E-state index is -0.655. The average molecular weight is 521 g/mol. The molecule has 200 valence electrons. The van der Waals surface area contributed by atoms with Gasteiger partial charge in [0.1, 0.15) is 6.42 Å². The van der Waals surface area contributed by atoms with Crippen molar-refractivity contribution in [2.24, 2.45) is 0 Å². The van der Waals surface area contributed by atoms with E-state index in [-0.39, 0.29) is 30.3 Å². The molecule has 2 fully saturated rings. The Bertz CT molecular complexity index is 1260. The Morgan fingerprint density at radius 1 is 1.13 bits per heavy atom. The molecule has 1 saturated heterocycles. The molecule has 0 bridgehead atoms. The number of nitro groups is 1. The zero-order valence-electron chi connectivity index (χ0n) is 21.4. The number of hydrogen-bond acceptors (Lipinski definition) is 8. The number of nitrogens with one attached hydrogen (secondary N) is 1. The number of amides is 1. The molecule has 1 N–H and O–H groups in total. The molecule has 1 aromatic heterocycles. The van der Waals surface area contributed by atoms with E-state index in [0.29, 0.717) is 26.1 Å². The van der Waals surface area contributed by atoms with E-state index in [0.717, 1.165) is 35.6 Å². The number of carbonyl (C=O) groups is 1. The van der Waals surface area contributed by atoms with Gasteiger partial charge in [-0.2, -0.15) is 0 Å². The fraction of sp³-hybridized carbons (Fsp3) is 0.444. The van der Waals surface area contributed by atoms with Gasteiger partial charge in [-0.05, 0) is 59.7 Å². The maximum atomic E-state index is 13.3. The Kier molecular flexibility index (Phi) is 7.71. The number of anilines is 1. The molecule has 0 radical (unpaired) electrons. The van der Waals surface area contributed by atoms with Crippen LogP contribution >= 0.6 is 0 Å². The quantitative estimate of drug-likeness (QED) is 0.335. The lowest BCUT2D eigenvalue weighted by molar-refractivity contribution is -0.394. The SMILES string of the molecule is COc1ccc(N2CCN(C(=O)Cc3n[nH]c([N+](=O)[O-])n3)C(Cc3ccccc3)C2)cc1OC1CCCC1. The number of rotatable bonds is 9. The molecular formula is C27H32N6O5. The van der Waals surface area contributed by atoms with E-state index < -0.39 is 10.9 Å². The largest absolute Gasteiger partial charge is 0.493 e. The first-order chi connectivity index (χ1) is 18.5. The number of carbonyl (C=O) groups excluding carboxylic acids is 1. The molecule has 11 nitrogen and oxygen atoms in total. The smallest absolute Gasteiger partial charge is 0.453 e. The summed E-state index contributed by atoms with van der Waals surface area (Å²) in [4.78, 5) is 31.6. The van der Waals surface area contributed by atoms with Gasteiger partial charge < -0.3 is 29.4 Å². The van der Waals surface area contributed by atoms with Crippen molar-refractivity contribution in [1.82, 2.24) is 20.1 Å². The number of aromatic nitrogens is 3. The first-order valence-electron chi connectivity index (χ1n) is 13.0. The minimum Gasteiger partial charge on any atom is -0.493 e. The molecular weight excluding hydrogens is 488 g/mol. The summed E-state index contributed by atoms with van der Waals surface area (Å²) < 4.78 is 11.9. The highest BCUT2D eigenvalue weighted by Gasteiger charge is 2.32. The van der Waals surface area contributed by atoms with Crippen LogP contribution in [0.1, 0.15) is 37.1 Å². The number of piperazine rings is 1. The maximum Gasteiger partial charge on any atom is 0.453 e. The van der Waals surface area contributed by atoms with Gasteiger partial charge >= 0.3 is 5.95 Å². The summed E-state index contributed by atoms with van der Waals surface area (Å²) in [5.41, 5.74) is 2.15. The molecule has 0 spiro atoms. The third kappa shape index (κ3) is 5.87. The highest BCUT2D eigenvalue weighted by atomic mass is 16.6. The van der Waals surface area contributed by atoms with Gasteiger partial charge in [0.05, 0.1) is 19.3 Å². The lowest BCUT2D eigenvalue weighted by atomic mass is 10.0. The van der Waals surface area contributed by atoms with Gasteiger partial charge in [0.25, 0.3) is 5.82 Å². The highest BCUT2D eigenvalue weighted by Crippen LogP contribution is 2.36. The number of nitrogens with zero attached hydrogens (tertiary/aromatic N) is 5. The molecule has 5 rings (SSSR count). The van der Waals surface area contributed by atoms with E-state index in [1.54, 1.807) is 7.11 Å². The van der Waals surface area contributed by atoms with E-state index in [9.17, 15) is 14.9 Å². The van der Waals surface area contributed by atoms with E-state index in [1.807, 2.05) is 41.3 Å². The van der Waals surface area contributed by atoms with Crippen LogP contribution in [0.25, 0.3) is 0 Å². The van der Waals surface area contributed by atoms with Crippen LogP contribution in [0.15, 0.2) is 48.5 Å². The molecule has 1 aliphatic heterocycles. The zero-order chi connectivity index (χ0) is 26.5. The normalized spacial score (nSPS) is 18.0. The third-order valence-corrected chi connectivity index (χ3v) is 7.23. The van der Waals surface area contributed by atoms with E-state index in [2.05, 4.69) is 32.2 Å². The second-order valence-electron chi connectivity index (χ2n) is 9.75. The predicted molar refractivity (Wildman–Crippen MR) is 140 cm³/mol. The van der Waals surface area contributed by atoms with Crippen LogP contribution in [-0.4, -0.2) is 69.8 Å². The first-order valence-corrected chi connectivity index (χ1v) is 13.0. The molecule has 1 amide bonds. The fourth-order valence-corrected chi connectivity index (χ4v) is 5.30. The van der Waals surface area contributed by atoms with Gasteiger partial charge in [0.15, 0.2) is 11.5 Å². The van der Waals surface area contributed by atoms with Crippen molar-refractivity contribution in [2.45, 2.75) is 50.7 Å². The summed E-state index contributed by atoms with van der Waals surface area (Å²) in [6, 6.07) is 16.0. The van der Waals surface area contributed by atoms with E-state index >= 15 is 0 Å². The monoisotopic (exact) mass is 520 g/mol. The second-order valence-corrected chi connectivity index (χ2v) is 9.75. The van der Waals surface area contributed by atoms with Crippen LogP contribution in [0.2, 0.25) is 0 Å². The molecule has 2 aromatic carbocycles. The fourth-order valence-electron chi connectivity index (χ4n) is 5.30. The van der Waals surface area contributed by atoms with E-state index in [4.69, 9.17) is 9.47 Å². The Morgan fingerprint density at radius 2 is 1.92 bits per heavy atom. The molecule has 3 aromatic rings. The topological polar surface area (TPSA) is 127 Å². The van der Waals surface area contributed by atoms with Crippen LogP contribution in [0, 0.1) is 10.1 Å². The van der Waals surface area contributed by atoms with Crippen LogP contribution in [-0.2, 0) is 17.6 Å². The van der Waals surface area contributed by atoms with Crippen LogP contribution in [0.4, 0.5) is 11.6 Å². The van der Waals surface area contributed by atoms with Crippen molar-refractivity contribution in [3.63, 3.8) is 0 Å². The molecule has 38 heavy (non-hydrogen) atoms. The Morgan fingerprint density at radius 3 is 2.63 bits per heavy atom. The lowest BCUT2D eigenvalue weighted by Crippen LogP contribution is -2.56. The van der Waals surface area contributed by atoms with Crippen molar-refractivity contribution in [2.75, 3.05) is 31.6 Å². The lowest BCUT2D eigenvalue weighted by Gasteiger charge is -2.42. The molecule has 2 heterocycles. The van der Waals surface area contributed by atoms with Crippen molar-refractivity contribution in [1.29, 1.82) is 0 Å². The number of methoxy groups -OCH3 is 1. The first kappa shape index (κ1) is 25.5. The molecule has 1 atom stereocenters. The van der Waals surface area contributed by atoms with Gasteiger partial charge in [0, 0.05) is 31.4 Å². The molecule has 2 aliphatic rings. The highest BCUT2D eigenvalue weighted by molar-refractivity contribution is 5.79. The number of H-pyrrole nitrogens is 1. The van der Waals surface area contributed by atoms with Gasteiger partial charge in [-0.1, -0.05) is 35.4 Å². The number of ether oxygens (including phenoxy) is 2. The summed E-state index contributed by atoms with van der Waals surface area (Å²) in [6.45, 7) is 1.78. The van der Waals surface area contributed by atoms with Gasteiger partial charge in [-0.15, -0.1) is 5.10 Å². The third-order valence-electron chi connectivity index (χ3n) is 7.23. The predicted octanol–water partition coefficient (Wildman–Crippen LogP) is 3.55. The Hall–Kier alpha value is -4.15. The summed E-state index contributed by atoms with van der Waals surface area (Å²) >= 11 is 0. The van der Waals surface area contributed by atoms with Gasteiger partial charge in [-0.25, -0.2) is 0 Å². The summed E-state index contributed by atoms with van der Waals surface area (Å²) in [6.07, 6.45) is 5.28. The summed E-state index contributed by atoms with van der Waals surface area (Å²) in [7, 11) is 1.65. The second kappa shape index (κ2) is 11.5. The minimum absolute atomic E-state index is 0.0997. The van der Waals surface area contributed by atoms with Crippen molar-refractivity contribution >= 4 is 17.5 Å². The van der Waals surface area contributed by atoms with E-state index in [1.165, 1.54) is 12.8 Å². The number of benzene rings is 2. The summed E-state index contributed by atoms with van der Waals surface area (Å²) in [5.74, 6) is 0.969. The number of aromatic amines is 1. The average Bonchev–Trinajstić information content (AvgIpc) is 3.62. The molecule has 11 heteroatoms. The summed E-state index contributed by atoms with van der Waals surface area (Å²) in [5, 5.41) is 17.1. The van der Waals surface area contributed by atoms with Crippen LogP contribution in [0.5, 0.6) is 11.5 Å². The van der Waals surface area contributed by atoms with Crippen LogP contribution < -0.4 is 14.4 Å². The zero-order valence-corrected chi connectivity index (χ0v) is 21.4. The van der Waals surface area contributed by atoms with Crippen molar-refractivity contribution in [3.05, 3.63) is 70.0 Å². The van der Waals surface area contributed by atoms with Gasteiger partial charge in [-0.3, -0.25) is 4.79 Å². The standard InChI is InChI=1S/C27H32N6O5/c1-37-23-12-11-20(16-24(23)38-22-9-5-6-10-22)31-13-14-32(21(18-31)15-19-7-3-2-4-8-19)26(34)17-25-28-27(30-29-25)33(35)36/h2-4,7-8,11-12,16,21-22H,5-6,9-10,13-15,17-18H2,1H3,(H,28,29,30). The van der Waals surface area contributed by atoms with Crippen molar-refractivity contribution in [3.8, 4) is 11.5 Å². The van der Waals surface area contributed by atoms with Crippen LogP contribution in [0.3, 0.4) is 0 Å². The number of hydrogen-bond donors (Lipinski definition) is 1. The Labute approximate surface area is 220 Å². The molecule has 1 aliphatic carbocycles. The van der Waals surface area contributed by atoms with Gasteiger partial charge in [0.2, 0.25) is 5.91 Å². The molecule has 1 unspecified atom stereocenters. The maximum absolute atomic E-state index is 13.3. The Balaban J connectivity index is 1.35. The van der Waals surface area contributed by atoms with Crippen molar-refractivity contribution < 1.29 is 19.2 Å². The molecule has 1 saturated carbocycles.